The molecule has 0 fully saturated rings. The molecule has 4 nitrogen and oxygen atoms in total. The lowest BCUT2D eigenvalue weighted by Gasteiger charge is -2.23. The van der Waals surface area contributed by atoms with Gasteiger partial charge >= 0.3 is 0 Å². The molecule has 106 valence electrons. The van der Waals surface area contributed by atoms with Crippen LogP contribution in [0.15, 0.2) is 24.3 Å². The predicted molar refractivity (Wildman–Crippen MR) is 78.6 cm³/mol. The van der Waals surface area contributed by atoms with Gasteiger partial charge in [0.2, 0.25) is 5.91 Å². The Hall–Kier alpha value is -1.39. The third kappa shape index (κ3) is 5.85. The molecule has 0 heterocycles. The molecule has 0 spiro atoms. The summed E-state index contributed by atoms with van der Waals surface area (Å²) in [6.07, 6.45) is 0. The summed E-state index contributed by atoms with van der Waals surface area (Å²) >= 11 is 0. The van der Waals surface area contributed by atoms with Gasteiger partial charge in [-0.15, -0.1) is 0 Å². The van der Waals surface area contributed by atoms with Crippen LogP contribution in [0.3, 0.4) is 0 Å². The number of hydrogen-bond acceptors (Lipinski definition) is 3. The maximum absolute atomic E-state index is 11.8. The van der Waals surface area contributed by atoms with E-state index in [1.54, 1.807) is 0 Å². The van der Waals surface area contributed by atoms with Gasteiger partial charge in [0.1, 0.15) is 0 Å². The molecule has 3 N–H and O–H groups in total. The van der Waals surface area contributed by atoms with Gasteiger partial charge in [0.05, 0.1) is 6.54 Å². The SMILES string of the molecule is CN(CC(=O)NC(C)(C)C)Cc1ccccc1CN. The van der Waals surface area contributed by atoms with Crippen molar-refractivity contribution in [1.29, 1.82) is 0 Å². The first-order valence-electron chi connectivity index (χ1n) is 6.58. The van der Waals surface area contributed by atoms with Crippen LogP contribution in [0, 0.1) is 0 Å². The van der Waals surface area contributed by atoms with E-state index in [1.165, 1.54) is 5.56 Å². The van der Waals surface area contributed by atoms with Crippen molar-refractivity contribution < 1.29 is 4.79 Å². The van der Waals surface area contributed by atoms with Gasteiger partial charge in [-0.1, -0.05) is 24.3 Å². The number of nitrogens with one attached hydrogen (secondary N) is 1. The van der Waals surface area contributed by atoms with Gasteiger partial charge in [-0.2, -0.15) is 0 Å². The number of rotatable bonds is 5. The van der Waals surface area contributed by atoms with E-state index in [0.29, 0.717) is 13.1 Å². The fraction of sp³-hybridized carbons (Fsp3) is 0.533. The highest BCUT2D eigenvalue weighted by molar-refractivity contribution is 5.78. The molecule has 0 aliphatic heterocycles. The number of carbonyl (C=O) groups excluding carboxylic acids is 1. The Morgan fingerprint density at radius 3 is 2.37 bits per heavy atom. The standard InChI is InChI=1S/C15H25N3O/c1-15(2,3)17-14(19)11-18(4)10-13-8-6-5-7-12(13)9-16/h5-8H,9-11,16H2,1-4H3,(H,17,19). The van der Waals surface area contributed by atoms with Gasteiger partial charge in [-0.25, -0.2) is 0 Å². The lowest BCUT2D eigenvalue weighted by molar-refractivity contribution is -0.123. The Labute approximate surface area is 116 Å². The van der Waals surface area contributed by atoms with Crippen molar-refractivity contribution >= 4 is 5.91 Å². The minimum absolute atomic E-state index is 0.0419. The largest absolute Gasteiger partial charge is 0.350 e. The van der Waals surface area contributed by atoms with Gasteiger partial charge in [0.25, 0.3) is 0 Å². The first kappa shape index (κ1) is 15.7. The van der Waals surface area contributed by atoms with Gasteiger partial charge in [-0.3, -0.25) is 9.69 Å². The van der Waals surface area contributed by atoms with Crippen molar-refractivity contribution in [2.75, 3.05) is 13.6 Å². The lowest BCUT2D eigenvalue weighted by atomic mass is 10.1. The number of nitrogens with zero attached hydrogens (tertiary/aromatic N) is 1. The van der Waals surface area contributed by atoms with Crippen LogP contribution < -0.4 is 11.1 Å². The highest BCUT2D eigenvalue weighted by atomic mass is 16.2. The van der Waals surface area contributed by atoms with E-state index in [2.05, 4.69) is 11.4 Å². The molecule has 0 saturated carbocycles. The summed E-state index contributed by atoms with van der Waals surface area (Å²) < 4.78 is 0. The summed E-state index contributed by atoms with van der Waals surface area (Å²) in [7, 11) is 1.94. The van der Waals surface area contributed by atoms with Crippen LogP contribution >= 0.6 is 0 Å². The normalized spacial score (nSPS) is 11.7. The summed E-state index contributed by atoms with van der Waals surface area (Å²) in [5, 5.41) is 2.96. The van der Waals surface area contributed by atoms with Gasteiger partial charge in [0, 0.05) is 18.6 Å². The van der Waals surface area contributed by atoms with E-state index in [9.17, 15) is 4.79 Å². The molecule has 0 unspecified atom stereocenters. The van der Waals surface area contributed by atoms with Crippen molar-refractivity contribution in [1.82, 2.24) is 10.2 Å². The Balaban J connectivity index is 2.55. The molecule has 1 aromatic rings. The Bertz CT molecular complexity index is 424. The molecular weight excluding hydrogens is 238 g/mol. The van der Waals surface area contributed by atoms with Gasteiger partial charge in [0.15, 0.2) is 0 Å². The first-order chi connectivity index (χ1) is 8.81. The highest BCUT2D eigenvalue weighted by Gasteiger charge is 2.15. The average molecular weight is 263 g/mol. The Morgan fingerprint density at radius 2 is 1.84 bits per heavy atom. The Kier molecular flexibility index (Phi) is 5.51. The van der Waals surface area contributed by atoms with Crippen LogP contribution in [-0.2, 0) is 17.9 Å². The molecule has 4 heteroatoms. The maximum atomic E-state index is 11.8. The molecule has 0 aliphatic carbocycles. The minimum Gasteiger partial charge on any atom is -0.350 e. The van der Waals surface area contributed by atoms with Crippen LogP contribution in [0.5, 0.6) is 0 Å². The second-order valence-electron chi connectivity index (χ2n) is 5.94. The van der Waals surface area contributed by atoms with Crippen LogP contribution in [0.2, 0.25) is 0 Å². The third-order valence-electron chi connectivity index (χ3n) is 2.71. The van der Waals surface area contributed by atoms with E-state index in [4.69, 9.17) is 5.73 Å². The van der Waals surface area contributed by atoms with E-state index in [0.717, 1.165) is 12.1 Å². The number of nitrogens with two attached hydrogens (primary N) is 1. The molecule has 0 bridgehead atoms. The lowest BCUT2D eigenvalue weighted by Crippen LogP contribution is -2.45. The topological polar surface area (TPSA) is 58.4 Å². The molecule has 0 aromatic heterocycles. The Morgan fingerprint density at radius 1 is 1.26 bits per heavy atom. The number of amides is 1. The molecule has 0 atom stereocenters. The van der Waals surface area contributed by atoms with Crippen molar-refractivity contribution in [3.63, 3.8) is 0 Å². The predicted octanol–water partition coefficient (Wildman–Crippen LogP) is 1.49. The van der Waals surface area contributed by atoms with E-state index >= 15 is 0 Å². The molecule has 0 saturated heterocycles. The summed E-state index contributed by atoms with van der Waals surface area (Å²) in [4.78, 5) is 13.8. The summed E-state index contributed by atoms with van der Waals surface area (Å²) in [5.41, 5.74) is 7.83. The zero-order valence-corrected chi connectivity index (χ0v) is 12.4. The summed E-state index contributed by atoms with van der Waals surface area (Å²) in [5.74, 6) is 0.0419. The quantitative estimate of drug-likeness (QED) is 0.846. The minimum atomic E-state index is -0.187. The smallest absolute Gasteiger partial charge is 0.234 e. The first-order valence-corrected chi connectivity index (χ1v) is 6.58. The van der Waals surface area contributed by atoms with Crippen molar-refractivity contribution in [3.8, 4) is 0 Å². The van der Waals surface area contributed by atoms with E-state index < -0.39 is 0 Å². The second kappa shape index (κ2) is 6.68. The molecule has 0 radical (unpaired) electrons. The summed E-state index contributed by atoms with van der Waals surface area (Å²) in [6, 6.07) is 8.06. The number of hydrogen-bond donors (Lipinski definition) is 2. The van der Waals surface area contributed by atoms with Crippen LogP contribution in [0.4, 0.5) is 0 Å². The second-order valence-corrected chi connectivity index (χ2v) is 5.94. The number of benzene rings is 1. The fourth-order valence-corrected chi connectivity index (χ4v) is 1.96. The maximum Gasteiger partial charge on any atom is 0.234 e. The molecule has 1 aromatic carbocycles. The zero-order chi connectivity index (χ0) is 14.5. The number of carbonyl (C=O) groups is 1. The van der Waals surface area contributed by atoms with Crippen LogP contribution in [0.1, 0.15) is 31.9 Å². The molecule has 1 amide bonds. The van der Waals surface area contributed by atoms with E-state index in [1.807, 2.05) is 50.9 Å². The molecule has 0 aliphatic rings. The van der Waals surface area contributed by atoms with Crippen LogP contribution in [0.25, 0.3) is 0 Å². The molecule has 1 rings (SSSR count). The van der Waals surface area contributed by atoms with Gasteiger partial charge in [-0.05, 0) is 38.9 Å². The monoisotopic (exact) mass is 263 g/mol. The zero-order valence-electron chi connectivity index (χ0n) is 12.4. The fourth-order valence-electron chi connectivity index (χ4n) is 1.96. The summed E-state index contributed by atoms with van der Waals surface area (Å²) in [6.45, 7) is 7.58. The van der Waals surface area contributed by atoms with Crippen molar-refractivity contribution in [2.45, 2.75) is 39.4 Å². The van der Waals surface area contributed by atoms with E-state index in [-0.39, 0.29) is 11.4 Å². The average Bonchev–Trinajstić information content (AvgIpc) is 2.26. The van der Waals surface area contributed by atoms with Crippen LogP contribution in [-0.4, -0.2) is 29.9 Å². The van der Waals surface area contributed by atoms with Crippen molar-refractivity contribution in [2.24, 2.45) is 5.73 Å². The molecule has 19 heavy (non-hydrogen) atoms. The van der Waals surface area contributed by atoms with Gasteiger partial charge < -0.3 is 11.1 Å². The highest BCUT2D eigenvalue weighted by Crippen LogP contribution is 2.10. The number of likely N-dealkylation sites (N-methyl/N-ethyl adjacent to an activating group) is 1. The van der Waals surface area contributed by atoms with Crippen molar-refractivity contribution in [3.05, 3.63) is 35.4 Å². The third-order valence-corrected chi connectivity index (χ3v) is 2.71. The molecular formula is C15H25N3O.